The fourth-order valence-corrected chi connectivity index (χ4v) is 6.40. The van der Waals surface area contributed by atoms with Crippen LogP contribution in [0.4, 0.5) is 13.2 Å². The van der Waals surface area contributed by atoms with Gasteiger partial charge in [-0.2, -0.15) is 13.2 Å². The van der Waals surface area contributed by atoms with Crippen LogP contribution in [0.25, 0.3) is 6.08 Å². The Hall–Kier alpha value is -4.76. The minimum atomic E-state index is -4.45. The monoisotopic (exact) mass is 696 g/mol. The largest absolute Gasteiger partial charge is 0.416 e. The molecule has 5 rings (SSSR count). The number of hydrogen-bond donors (Lipinski definition) is 0. The predicted octanol–water partition coefficient (Wildman–Crippen LogP) is 8.14. The minimum absolute atomic E-state index is 0.125. The van der Waals surface area contributed by atoms with Gasteiger partial charge in [-0.15, -0.1) is 0 Å². The molecule has 1 fully saturated rings. The highest BCUT2D eigenvalue weighted by molar-refractivity contribution is 5.95. The van der Waals surface area contributed by atoms with Crippen LogP contribution in [0.5, 0.6) is 0 Å². The van der Waals surface area contributed by atoms with E-state index in [1.54, 1.807) is 4.90 Å². The second kappa shape index (κ2) is 17.9. The Bertz CT molecular complexity index is 1730. The van der Waals surface area contributed by atoms with Gasteiger partial charge in [0.15, 0.2) is 0 Å². The van der Waals surface area contributed by atoms with Gasteiger partial charge >= 0.3 is 6.18 Å². The molecule has 4 aromatic rings. The SMILES string of the molecule is CCCCCc1ccc(CN(C(=O)C=Cc2ccc(C(F)(F)F)cc2)[C@@H](Cc2ccccc2)C(=O)N2CCN(Cc3cccc(C)n3)CC2)cc1. The number of nitrogens with zero attached hydrogens (tertiary/aromatic N) is 4. The second-order valence-electron chi connectivity index (χ2n) is 13.3. The van der Waals surface area contributed by atoms with Crippen molar-refractivity contribution in [1.29, 1.82) is 0 Å². The molecule has 1 aromatic heterocycles. The highest BCUT2D eigenvalue weighted by atomic mass is 19.4. The van der Waals surface area contributed by atoms with Crippen LogP contribution >= 0.6 is 0 Å². The number of alkyl halides is 3. The number of pyridine rings is 1. The summed E-state index contributed by atoms with van der Waals surface area (Å²) in [6, 6.07) is 27.7. The van der Waals surface area contributed by atoms with Crippen molar-refractivity contribution in [2.24, 2.45) is 0 Å². The van der Waals surface area contributed by atoms with Crippen LogP contribution in [-0.4, -0.2) is 63.7 Å². The van der Waals surface area contributed by atoms with Gasteiger partial charge in [0.2, 0.25) is 11.8 Å². The molecule has 9 heteroatoms. The van der Waals surface area contributed by atoms with E-state index in [1.807, 2.05) is 72.5 Å². The maximum Gasteiger partial charge on any atom is 0.416 e. The molecular weight excluding hydrogens is 649 g/mol. The number of piperazine rings is 1. The standard InChI is InChI=1S/C42H47F3N4O2/c1-3-4-6-11-33-15-17-36(18-16-33)30-49(40(50)24-21-34-19-22-37(23-20-34)42(43,44)45)39(29-35-12-7-5-8-13-35)41(51)48-27-25-47(26-28-48)31-38-14-9-10-32(2)46-38/h5,7-10,12-24,39H,3-4,6,11,25-31H2,1-2H3/t39-/m0/s1. The van der Waals surface area contributed by atoms with Crippen LogP contribution < -0.4 is 0 Å². The molecular formula is C42H47F3N4O2. The van der Waals surface area contributed by atoms with E-state index in [4.69, 9.17) is 0 Å². The summed E-state index contributed by atoms with van der Waals surface area (Å²) in [6.07, 6.45) is 3.14. The van der Waals surface area contributed by atoms with E-state index < -0.39 is 17.8 Å². The zero-order valence-corrected chi connectivity index (χ0v) is 29.5. The lowest BCUT2D eigenvalue weighted by Crippen LogP contribution is -2.56. The van der Waals surface area contributed by atoms with Crippen molar-refractivity contribution < 1.29 is 22.8 Å². The molecule has 51 heavy (non-hydrogen) atoms. The molecule has 0 bridgehead atoms. The molecule has 0 aliphatic carbocycles. The number of amides is 2. The van der Waals surface area contributed by atoms with Crippen molar-refractivity contribution in [3.63, 3.8) is 0 Å². The maximum absolute atomic E-state index is 14.5. The highest BCUT2D eigenvalue weighted by Gasteiger charge is 2.34. The summed E-state index contributed by atoms with van der Waals surface area (Å²) < 4.78 is 39.5. The molecule has 0 radical (unpaired) electrons. The quantitative estimate of drug-likeness (QED) is 0.0987. The fourth-order valence-electron chi connectivity index (χ4n) is 6.40. The molecule has 6 nitrogen and oxygen atoms in total. The topological polar surface area (TPSA) is 56.8 Å². The number of halogens is 3. The van der Waals surface area contributed by atoms with E-state index in [2.05, 4.69) is 28.9 Å². The van der Waals surface area contributed by atoms with Gasteiger partial charge < -0.3 is 9.80 Å². The van der Waals surface area contributed by atoms with Gasteiger partial charge in [-0.1, -0.05) is 92.6 Å². The van der Waals surface area contributed by atoms with Crippen molar-refractivity contribution in [3.05, 3.63) is 142 Å². The van der Waals surface area contributed by atoms with Crippen molar-refractivity contribution in [3.8, 4) is 0 Å². The van der Waals surface area contributed by atoms with Gasteiger partial charge in [-0.25, -0.2) is 0 Å². The predicted molar refractivity (Wildman–Crippen MR) is 195 cm³/mol. The number of carbonyl (C=O) groups excluding carboxylic acids is 2. The van der Waals surface area contributed by atoms with Crippen LogP contribution in [0.1, 0.15) is 65.4 Å². The Morgan fingerprint density at radius 1 is 0.824 bits per heavy atom. The number of unbranched alkanes of at least 4 members (excludes halogenated alkanes) is 2. The first kappa shape index (κ1) is 37.5. The van der Waals surface area contributed by atoms with Crippen LogP contribution in [-0.2, 0) is 41.7 Å². The highest BCUT2D eigenvalue weighted by Crippen LogP contribution is 2.29. The molecule has 3 aromatic carbocycles. The number of aryl methyl sites for hydroxylation is 2. The Kier molecular flexibility index (Phi) is 13.2. The number of carbonyl (C=O) groups is 2. The molecule has 2 amide bonds. The van der Waals surface area contributed by atoms with Crippen LogP contribution in [0, 0.1) is 6.92 Å². The molecule has 1 aliphatic heterocycles. The molecule has 0 saturated carbocycles. The lowest BCUT2D eigenvalue weighted by Gasteiger charge is -2.39. The van der Waals surface area contributed by atoms with Crippen LogP contribution in [0.2, 0.25) is 0 Å². The summed E-state index contributed by atoms with van der Waals surface area (Å²) in [5.74, 6) is -0.514. The smallest absolute Gasteiger partial charge is 0.338 e. The third kappa shape index (κ3) is 11.1. The lowest BCUT2D eigenvalue weighted by molar-refractivity contribution is -0.145. The first-order valence-corrected chi connectivity index (χ1v) is 17.8. The van der Waals surface area contributed by atoms with E-state index in [9.17, 15) is 22.8 Å². The number of hydrogen-bond acceptors (Lipinski definition) is 4. The van der Waals surface area contributed by atoms with E-state index >= 15 is 0 Å². The molecule has 1 atom stereocenters. The summed E-state index contributed by atoms with van der Waals surface area (Å²) in [5.41, 5.74) is 4.70. The van der Waals surface area contributed by atoms with Gasteiger partial charge in [0.1, 0.15) is 6.04 Å². The number of aromatic nitrogens is 1. The molecule has 2 heterocycles. The summed E-state index contributed by atoms with van der Waals surface area (Å²) >= 11 is 0. The van der Waals surface area contributed by atoms with Gasteiger partial charge in [0.25, 0.3) is 0 Å². The van der Waals surface area contributed by atoms with E-state index in [0.29, 0.717) is 44.7 Å². The van der Waals surface area contributed by atoms with Crippen molar-refractivity contribution in [1.82, 2.24) is 19.7 Å². The average molecular weight is 697 g/mol. The Morgan fingerprint density at radius 3 is 2.16 bits per heavy atom. The minimum Gasteiger partial charge on any atom is -0.338 e. The molecule has 0 unspecified atom stereocenters. The first-order valence-electron chi connectivity index (χ1n) is 17.8. The number of benzene rings is 3. The van der Waals surface area contributed by atoms with E-state index in [0.717, 1.165) is 60.3 Å². The van der Waals surface area contributed by atoms with Crippen molar-refractivity contribution in [2.45, 2.75) is 71.3 Å². The summed E-state index contributed by atoms with van der Waals surface area (Å²) in [7, 11) is 0. The Morgan fingerprint density at radius 2 is 1.51 bits per heavy atom. The van der Waals surface area contributed by atoms with Crippen molar-refractivity contribution in [2.75, 3.05) is 26.2 Å². The van der Waals surface area contributed by atoms with Gasteiger partial charge in [-0.05, 0) is 72.4 Å². The summed E-state index contributed by atoms with van der Waals surface area (Å²) in [4.78, 5) is 39.1. The zero-order chi connectivity index (χ0) is 36.2. The molecule has 1 aliphatic rings. The van der Waals surface area contributed by atoms with Crippen molar-refractivity contribution >= 4 is 17.9 Å². The van der Waals surface area contributed by atoms with Crippen LogP contribution in [0.15, 0.2) is 103 Å². The normalized spacial score (nSPS) is 14.5. The molecule has 0 spiro atoms. The first-order chi connectivity index (χ1) is 24.6. The lowest BCUT2D eigenvalue weighted by atomic mass is 10.0. The third-order valence-electron chi connectivity index (χ3n) is 9.33. The Balaban J connectivity index is 1.40. The maximum atomic E-state index is 14.5. The number of rotatable bonds is 14. The second-order valence-corrected chi connectivity index (χ2v) is 13.3. The van der Waals surface area contributed by atoms with Gasteiger partial charge in [0, 0.05) is 57.5 Å². The Labute approximate surface area is 299 Å². The molecule has 268 valence electrons. The van der Waals surface area contributed by atoms with Crippen LogP contribution in [0.3, 0.4) is 0 Å². The fraction of sp³-hybridized carbons (Fsp3) is 0.357. The van der Waals surface area contributed by atoms with Gasteiger partial charge in [-0.3, -0.25) is 19.5 Å². The summed E-state index contributed by atoms with van der Waals surface area (Å²) in [5, 5.41) is 0. The third-order valence-corrected chi connectivity index (χ3v) is 9.33. The zero-order valence-electron chi connectivity index (χ0n) is 29.5. The van der Waals surface area contributed by atoms with E-state index in [-0.39, 0.29) is 18.4 Å². The average Bonchev–Trinajstić information content (AvgIpc) is 3.13. The van der Waals surface area contributed by atoms with E-state index in [1.165, 1.54) is 29.8 Å². The summed E-state index contributed by atoms with van der Waals surface area (Å²) in [6.45, 7) is 7.45. The molecule has 0 N–H and O–H groups in total. The van der Waals surface area contributed by atoms with Gasteiger partial charge in [0.05, 0.1) is 11.3 Å². The molecule has 1 saturated heterocycles.